The van der Waals surface area contributed by atoms with E-state index in [0.29, 0.717) is 13.2 Å². The van der Waals surface area contributed by atoms with Crippen LogP contribution in [0.1, 0.15) is 30.8 Å². The van der Waals surface area contributed by atoms with Gasteiger partial charge in [-0.15, -0.1) is 0 Å². The van der Waals surface area contributed by atoms with Crippen LogP contribution in [0.25, 0.3) is 0 Å². The minimum Gasteiger partial charge on any atom is -0.487 e. The summed E-state index contributed by atoms with van der Waals surface area (Å²) in [5, 5.41) is 4.53. The van der Waals surface area contributed by atoms with Crippen LogP contribution >= 0.6 is 0 Å². The average Bonchev–Trinajstić information content (AvgIpc) is 2.89. The van der Waals surface area contributed by atoms with Gasteiger partial charge in [0.05, 0.1) is 11.4 Å². The van der Waals surface area contributed by atoms with E-state index < -0.39 is 0 Å². The minimum absolute atomic E-state index is 0.544. The molecule has 4 heteroatoms. The van der Waals surface area contributed by atoms with Crippen molar-refractivity contribution >= 4 is 0 Å². The van der Waals surface area contributed by atoms with Crippen LogP contribution in [-0.2, 0) is 26.0 Å². The van der Waals surface area contributed by atoms with Gasteiger partial charge in [-0.2, -0.15) is 5.10 Å². The number of benzene rings is 1. The zero-order valence-corrected chi connectivity index (χ0v) is 12.3. The van der Waals surface area contributed by atoms with E-state index in [1.54, 1.807) is 0 Å². The number of aromatic nitrogens is 2. The maximum Gasteiger partial charge on any atom is 0.130 e. The normalized spacial score (nSPS) is 10.8. The van der Waals surface area contributed by atoms with E-state index >= 15 is 0 Å². The van der Waals surface area contributed by atoms with Crippen LogP contribution in [0.3, 0.4) is 0 Å². The Balaban J connectivity index is 2.10. The SMILES string of the molecule is CCc1cc(COc2ccccc2CCN)n(CC)n1. The van der Waals surface area contributed by atoms with E-state index in [1.807, 2.05) is 22.9 Å². The lowest BCUT2D eigenvalue weighted by molar-refractivity contribution is 0.289. The molecule has 0 unspecified atom stereocenters. The monoisotopic (exact) mass is 273 g/mol. The Bertz CT molecular complexity index is 548. The van der Waals surface area contributed by atoms with E-state index in [9.17, 15) is 0 Å². The zero-order valence-electron chi connectivity index (χ0n) is 12.3. The Morgan fingerprint density at radius 2 is 2.05 bits per heavy atom. The van der Waals surface area contributed by atoms with E-state index in [-0.39, 0.29) is 0 Å². The highest BCUT2D eigenvalue weighted by Crippen LogP contribution is 2.20. The van der Waals surface area contributed by atoms with Gasteiger partial charge in [-0.25, -0.2) is 0 Å². The van der Waals surface area contributed by atoms with Gasteiger partial charge in [0, 0.05) is 6.54 Å². The third-order valence-corrected chi connectivity index (χ3v) is 3.34. The number of hydrogen-bond acceptors (Lipinski definition) is 3. The van der Waals surface area contributed by atoms with E-state index in [4.69, 9.17) is 10.5 Å². The lowest BCUT2D eigenvalue weighted by Gasteiger charge is -2.11. The maximum atomic E-state index is 5.96. The first-order chi connectivity index (χ1) is 9.78. The predicted octanol–water partition coefficient (Wildman–Crippen LogP) is 2.55. The Labute approximate surface area is 120 Å². The molecule has 0 saturated carbocycles. The van der Waals surface area contributed by atoms with Crippen LogP contribution in [0.5, 0.6) is 5.75 Å². The lowest BCUT2D eigenvalue weighted by Crippen LogP contribution is -2.08. The second-order valence-corrected chi connectivity index (χ2v) is 4.73. The second kappa shape index (κ2) is 7.10. The van der Waals surface area contributed by atoms with Gasteiger partial charge >= 0.3 is 0 Å². The van der Waals surface area contributed by atoms with Crippen molar-refractivity contribution in [2.75, 3.05) is 6.54 Å². The molecule has 2 rings (SSSR count). The minimum atomic E-state index is 0.544. The highest BCUT2D eigenvalue weighted by molar-refractivity contribution is 5.33. The molecule has 0 aliphatic carbocycles. The summed E-state index contributed by atoms with van der Waals surface area (Å²) in [5.74, 6) is 0.917. The van der Waals surface area contributed by atoms with Gasteiger partial charge in [-0.05, 0) is 44.0 Å². The van der Waals surface area contributed by atoms with Gasteiger partial charge < -0.3 is 10.5 Å². The fourth-order valence-electron chi connectivity index (χ4n) is 2.24. The molecule has 0 atom stereocenters. The topological polar surface area (TPSA) is 53.1 Å². The molecule has 0 aliphatic rings. The highest BCUT2D eigenvalue weighted by atomic mass is 16.5. The van der Waals surface area contributed by atoms with Crippen molar-refractivity contribution in [3.63, 3.8) is 0 Å². The van der Waals surface area contributed by atoms with Gasteiger partial charge in [0.1, 0.15) is 12.4 Å². The van der Waals surface area contributed by atoms with Crippen molar-refractivity contribution in [1.29, 1.82) is 0 Å². The summed E-state index contributed by atoms with van der Waals surface area (Å²) >= 11 is 0. The van der Waals surface area contributed by atoms with Crippen LogP contribution < -0.4 is 10.5 Å². The van der Waals surface area contributed by atoms with Gasteiger partial charge in [-0.3, -0.25) is 4.68 Å². The van der Waals surface area contributed by atoms with Crippen LogP contribution in [0.2, 0.25) is 0 Å². The molecule has 1 aromatic heterocycles. The molecule has 0 radical (unpaired) electrons. The summed E-state index contributed by atoms with van der Waals surface area (Å²) in [7, 11) is 0. The molecule has 0 aliphatic heterocycles. The first kappa shape index (κ1) is 14.6. The summed E-state index contributed by atoms with van der Waals surface area (Å²) < 4.78 is 7.96. The smallest absolute Gasteiger partial charge is 0.130 e. The molecule has 2 aromatic rings. The predicted molar refractivity (Wildman–Crippen MR) is 80.8 cm³/mol. The van der Waals surface area contributed by atoms with E-state index in [1.165, 1.54) is 0 Å². The fourth-order valence-corrected chi connectivity index (χ4v) is 2.24. The standard InChI is InChI=1S/C16H23N3O/c1-3-14-11-15(19(4-2)18-14)12-20-16-8-6-5-7-13(16)9-10-17/h5-8,11H,3-4,9-10,12,17H2,1-2H3. The third kappa shape index (κ3) is 3.39. The highest BCUT2D eigenvalue weighted by Gasteiger charge is 2.08. The van der Waals surface area contributed by atoms with E-state index in [0.717, 1.165) is 42.1 Å². The number of ether oxygens (including phenoxy) is 1. The third-order valence-electron chi connectivity index (χ3n) is 3.34. The maximum absolute atomic E-state index is 5.96. The molecule has 2 N–H and O–H groups in total. The first-order valence-corrected chi connectivity index (χ1v) is 7.24. The van der Waals surface area contributed by atoms with Crippen LogP contribution in [0.15, 0.2) is 30.3 Å². The van der Waals surface area contributed by atoms with Gasteiger partial charge in [0.25, 0.3) is 0 Å². The Hall–Kier alpha value is -1.81. The lowest BCUT2D eigenvalue weighted by atomic mass is 10.1. The summed E-state index contributed by atoms with van der Waals surface area (Å²) in [6, 6.07) is 10.2. The molecule has 108 valence electrons. The van der Waals surface area contributed by atoms with Crippen LogP contribution in [0, 0.1) is 0 Å². The Morgan fingerprint density at radius 3 is 2.75 bits per heavy atom. The quantitative estimate of drug-likeness (QED) is 0.843. The van der Waals surface area contributed by atoms with Crippen molar-refractivity contribution < 1.29 is 4.74 Å². The Morgan fingerprint density at radius 1 is 1.25 bits per heavy atom. The average molecular weight is 273 g/mol. The molecular formula is C16H23N3O. The number of hydrogen-bond donors (Lipinski definition) is 1. The number of nitrogens with zero attached hydrogens (tertiary/aromatic N) is 2. The van der Waals surface area contributed by atoms with Crippen molar-refractivity contribution in [1.82, 2.24) is 9.78 Å². The fraction of sp³-hybridized carbons (Fsp3) is 0.438. The van der Waals surface area contributed by atoms with Crippen molar-refractivity contribution in [2.24, 2.45) is 5.73 Å². The molecule has 20 heavy (non-hydrogen) atoms. The zero-order chi connectivity index (χ0) is 14.4. The van der Waals surface area contributed by atoms with Crippen molar-refractivity contribution in [2.45, 2.75) is 39.8 Å². The first-order valence-electron chi connectivity index (χ1n) is 7.24. The molecule has 4 nitrogen and oxygen atoms in total. The number of para-hydroxylation sites is 1. The molecular weight excluding hydrogens is 250 g/mol. The van der Waals surface area contributed by atoms with Crippen molar-refractivity contribution in [3.8, 4) is 5.75 Å². The summed E-state index contributed by atoms with van der Waals surface area (Å²) in [6.45, 7) is 6.25. The molecule has 0 saturated heterocycles. The van der Waals surface area contributed by atoms with Crippen LogP contribution in [0.4, 0.5) is 0 Å². The van der Waals surface area contributed by atoms with Gasteiger partial charge in [0.2, 0.25) is 0 Å². The summed E-state index contributed by atoms with van der Waals surface area (Å²) in [5.41, 5.74) is 9.02. The summed E-state index contributed by atoms with van der Waals surface area (Å²) in [6.07, 6.45) is 1.78. The Kier molecular flexibility index (Phi) is 5.18. The van der Waals surface area contributed by atoms with Crippen molar-refractivity contribution in [3.05, 3.63) is 47.3 Å². The number of aryl methyl sites for hydroxylation is 2. The molecule has 0 spiro atoms. The molecule has 0 fully saturated rings. The molecule has 0 bridgehead atoms. The van der Waals surface area contributed by atoms with E-state index in [2.05, 4.69) is 31.1 Å². The summed E-state index contributed by atoms with van der Waals surface area (Å²) in [4.78, 5) is 0. The molecule has 1 heterocycles. The van der Waals surface area contributed by atoms with Crippen LogP contribution in [-0.4, -0.2) is 16.3 Å². The molecule has 1 aromatic carbocycles. The number of nitrogens with two attached hydrogens (primary N) is 1. The van der Waals surface area contributed by atoms with Gasteiger partial charge in [0.15, 0.2) is 0 Å². The molecule has 0 amide bonds. The number of rotatable bonds is 7. The van der Waals surface area contributed by atoms with Gasteiger partial charge in [-0.1, -0.05) is 25.1 Å². The second-order valence-electron chi connectivity index (χ2n) is 4.73. The largest absolute Gasteiger partial charge is 0.487 e.